The fourth-order valence-corrected chi connectivity index (χ4v) is 7.42. The highest BCUT2D eigenvalue weighted by molar-refractivity contribution is 5.76. The molecular formula is C47H93NO3. The maximum absolute atomic E-state index is 12.4. The van der Waals surface area contributed by atoms with E-state index in [9.17, 15) is 15.0 Å². The Kier molecular flexibility index (Phi) is 42.8. The Morgan fingerprint density at radius 2 is 0.725 bits per heavy atom. The molecule has 0 saturated carbocycles. The second kappa shape index (κ2) is 43.5. The summed E-state index contributed by atoms with van der Waals surface area (Å²) in [5.74, 6) is -0.0595. The number of hydrogen-bond donors (Lipinski definition) is 3. The monoisotopic (exact) mass is 720 g/mol. The summed E-state index contributed by atoms with van der Waals surface area (Å²) < 4.78 is 0. The number of amides is 1. The van der Waals surface area contributed by atoms with Gasteiger partial charge in [-0.3, -0.25) is 4.79 Å². The molecule has 0 radical (unpaired) electrons. The van der Waals surface area contributed by atoms with E-state index in [1.807, 2.05) is 6.08 Å². The van der Waals surface area contributed by atoms with E-state index in [-0.39, 0.29) is 12.5 Å². The molecule has 0 aliphatic rings. The van der Waals surface area contributed by atoms with E-state index in [2.05, 4.69) is 19.2 Å². The van der Waals surface area contributed by atoms with Crippen molar-refractivity contribution in [3.8, 4) is 0 Å². The second-order valence-electron chi connectivity index (χ2n) is 16.2. The smallest absolute Gasteiger partial charge is 0.220 e. The molecule has 2 atom stereocenters. The second-order valence-corrected chi connectivity index (χ2v) is 16.2. The number of unbranched alkanes of at least 4 members (excludes halogenated alkanes) is 36. The SMILES string of the molecule is CCCCCCCCCCCC/C=C/[C@@H](O)[C@H](CO)NC(=O)CCCCCCCCCCCCCCCCCCCCCCCCCCCCC. The fourth-order valence-electron chi connectivity index (χ4n) is 7.42. The van der Waals surface area contributed by atoms with Crippen LogP contribution in [0.25, 0.3) is 0 Å². The largest absolute Gasteiger partial charge is 0.394 e. The van der Waals surface area contributed by atoms with Crippen LogP contribution >= 0.6 is 0 Å². The quantitative estimate of drug-likeness (QED) is 0.0434. The highest BCUT2D eigenvalue weighted by Crippen LogP contribution is 2.17. The molecule has 4 heteroatoms. The van der Waals surface area contributed by atoms with Crippen molar-refractivity contribution in [1.29, 1.82) is 0 Å². The van der Waals surface area contributed by atoms with Crippen LogP contribution in [0.3, 0.4) is 0 Å². The maximum atomic E-state index is 12.4. The number of carbonyl (C=O) groups is 1. The molecule has 0 fully saturated rings. The number of aliphatic hydroxyl groups is 2. The highest BCUT2D eigenvalue weighted by atomic mass is 16.3. The summed E-state index contributed by atoms with van der Waals surface area (Å²) in [7, 11) is 0. The van der Waals surface area contributed by atoms with E-state index in [0.29, 0.717) is 6.42 Å². The van der Waals surface area contributed by atoms with Gasteiger partial charge in [0, 0.05) is 6.42 Å². The number of aliphatic hydroxyl groups excluding tert-OH is 2. The van der Waals surface area contributed by atoms with Crippen LogP contribution in [0.15, 0.2) is 12.2 Å². The molecule has 3 N–H and O–H groups in total. The van der Waals surface area contributed by atoms with Crippen LogP contribution in [0.4, 0.5) is 0 Å². The van der Waals surface area contributed by atoms with Crippen LogP contribution in [0, 0.1) is 0 Å². The van der Waals surface area contributed by atoms with E-state index in [4.69, 9.17) is 0 Å². The third-order valence-corrected chi connectivity index (χ3v) is 11.0. The third-order valence-electron chi connectivity index (χ3n) is 11.0. The van der Waals surface area contributed by atoms with E-state index in [1.165, 1.54) is 218 Å². The zero-order valence-corrected chi connectivity index (χ0v) is 34.9. The van der Waals surface area contributed by atoms with Crippen molar-refractivity contribution >= 4 is 5.91 Å². The molecule has 0 spiro atoms. The Bertz CT molecular complexity index is 695. The summed E-state index contributed by atoms with van der Waals surface area (Å²) in [5.41, 5.74) is 0. The van der Waals surface area contributed by atoms with Crippen molar-refractivity contribution in [3.05, 3.63) is 12.2 Å². The normalized spacial score (nSPS) is 12.9. The fraction of sp³-hybridized carbons (Fsp3) is 0.936. The molecule has 0 aromatic carbocycles. The van der Waals surface area contributed by atoms with Crippen molar-refractivity contribution in [1.82, 2.24) is 5.32 Å². The molecule has 0 bridgehead atoms. The number of allylic oxidation sites excluding steroid dienone is 1. The summed E-state index contributed by atoms with van der Waals surface area (Å²) in [5, 5.41) is 23.0. The first-order valence-corrected chi connectivity index (χ1v) is 23.4. The summed E-state index contributed by atoms with van der Waals surface area (Å²) in [6.45, 7) is 4.32. The molecule has 304 valence electrons. The Hall–Kier alpha value is -0.870. The Balaban J connectivity index is 3.43. The van der Waals surface area contributed by atoms with Gasteiger partial charge in [0.2, 0.25) is 5.91 Å². The lowest BCUT2D eigenvalue weighted by molar-refractivity contribution is -0.123. The zero-order valence-electron chi connectivity index (χ0n) is 34.9. The first-order valence-electron chi connectivity index (χ1n) is 23.4. The molecule has 0 heterocycles. The van der Waals surface area contributed by atoms with E-state index in [1.54, 1.807) is 6.08 Å². The molecule has 0 unspecified atom stereocenters. The minimum absolute atomic E-state index is 0.0595. The first-order chi connectivity index (χ1) is 25.2. The molecule has 0 saturated heterocycles. The molecule has 0 aromatic heterocycles. The summed E-state index contributed by atoms with van der Waals surface area (Å²) in [6, 6.07) is -0.615. The lowest BCUT2D eigenvalue weighted by Crippen LogP contribution is -2.45. The van der Waals surface area contributed by atoms with Crippen molar-refractivity contribution in [3.63, 3.8) is 0 Å². The number of nitrogens with one attached hydrogen (secondary N) is 1. The van der Waals surface area contributed by atoms with Crippen molar-refractivity contribution < 1.29 is 15.0 Å². The molecule has 0 aliphatic heterocycles. The van der Waals surface area contributed by atoms with E-state index in [0.717, 1.165) is 25.7 Å². The van der Waals surface area contributed by atoms with Gasteiger partial charge >= 0.3 is 0 Å². The van der Waals surface area contributed by atoms with E-state index < -0.39 is 12.1 Å². The van der Waals surface area contributed by atoms with Crippen LogP contribution in [0.2, 0.25) is 0 Å². The molecule has 0 aromatic rings. The average molecular weight is 720 g/mol. The topological polar surface area (TPSA) is 69.6 Å². The van der Waals surface area contributed by atoms with Crippen molar-refractivity contribution in [2.75, 3.05) is 6.61 Å². The number of hydrogen-bond acceptors (Lipinski definition) is 3. The maximum Gasteiger partial charge on any atom is 0.220 e. The minimum Gasteiger partial charge on any atom is -0.394 e. The third kappa shape index (κ3) is 40.2. The summed E-state index contributed by atoms with van der Waals surface area (Å²) in [6.07, 6.45) is 54.8. The number of rotatable bonds is 43. The summed E-state index contributed by atoms with van der Waals surface area (Å²) >= 11 is 0. The van der Waals surface area contributed by atoms with Crippen LogP contribution in [-0.2, 0) is 4.79 Å². The van der Waals surface area contributed by atoms with Gasteiger partial charge in [-0.2, -0.15) is 0 Å². The minimum atomic E-state index is -0.833. The van der Waals surface area contributed by atoms with Crippen LogP contribution in [0.1, 0.15) is 264 Å². The van der Waals surface area contributed by atoms with Gasteiger partial charge in [-0.25, -0.2) is 0 Å². The van der Waals surface area contributed by atoms with Gasteiger partial charge in [0.05, 0.1) is 18.8 Å². The molecule has 51 heavy (non-hydrogen) atoms. The molecule has 1 amide bonds. The van der Waals surface area contributed by atoms with Crippen LogP contribution < -0.4 is 5.32 Å². The van der Waals surface area contributed by atoms with Gasteiger partial charge in [-0.15, -0.1) is 0 Å². The van der Waals surface area contributed by atoms with Crippen molar-refractivity contribution in [2.45, 2.75) is 276 Å². The van der Waals surface area contributed by atoms with Gasteiger partial charge in [-0.05, 0) is 19.3 Å². The van der Waals surface area contributed by atoms with Gasteiger partial charge in [0.15, 0.2) is 0 Å². The predicted octanol–water partition coefficient (Wildman–Crippen LogP) is 14.6. The van der Waals surface area contributed by atoms with Gasteiger partial charge in [0.25, 0.3) is 0 Å². The lowest BCUT2D eigenvalue weighted by Gasteiger charge is -2.20. The molecule has 0 aliphatic carbocycles. The zero-order chi connectivity index (χ0) is 37.1. The molecule has 4 nitrogen and oxygen atoms in total. The summed E-state index contributed by atoms with van der Waals surface area (Å²) in [4.78, 5) is 12.4. The Labute approximate surface area is 320 Å². The van der Waals surface area contributed by atoms with Crippen LogP contribution in [0.5, 0.6) is 0 Å². The Morgan fingerprint density at radius 3 is 1.02 bits per heavy atom. The molecular weight excluding hydrogens is 627 g/mol. The Morgan fingerprint density at radius 1 is 0.451 bits per heavy atom. The standard InChI is InChI=1S/C47H93NO3/c1-3-5-7-9-11-13-15-17-18-19-20-21-22-23-24-25-26-27-28-29-30-31-33-35-37-39-41-43-47(51)48-45(44-49)46(50)42-40-38-36-34-32-16-14-12-10-8-6-4-2/h40,42,45-46,49-50H,3-39,41,43-44H2,1-2H3,(H,48,51)/b42-40+/t45-,46+/m0/s1. The van der Waals surface area contributed by atoms with Gasteiger partial charge in [0.1, 0.15) is 0 Å². The molecule has 0 rings (SSSR count). The van der Waals surface area contributed by atoms with Gasteiger partial charge in [-0.1, -0.05) is 251 Å². The predicted molar refractivity (Wildman–Crippen MR) is 226 cm³/mol. The lowest BCUT2D eigenvalue weighted by atomic mass is 10.0. The van der Waals surface area contributed by atoms with Crippen LogP contribution in [-0.4, -0.2) is 34.9 Å². The van der Waals surface area contributed by atoms with Crippen molar-refractivity contribution in [2.24, 2.45) is 0 Å². The van der Waals surface area contributed by atoms with E-state index >= 15 is 0 Å². The first kappa shape index (κ1) is 50.1. The highest BCUT2D eigenvalue weighted by Gasteiger charge is 2.18. The van der Waals surface area contributed by atoms with Gasteiger partial charge < -0.3 is 15.5 Å². The average Bonchev–Trinajstić information content (AvgIpc) is 3.13. The number of carbonyl (C=O) groups excluding carboxylic acids is 1.